The summed E-state index contributed by atoms with van der Waals surface area (Å²) >= 11 is 1.77. The normalized spacial score (nSPS) is 10.8. The van der Waals surface area contributed by atoms with Gasteiger partial charge in [0.2, 0.25) is 0 Å². The highest BCUT2D eigenvalue weighted by Crippen LogP contribution is 2.01. The third kappa shape index (κ3) is 6.09. The average molecular weight is 129 g/mol. The second-order valence-electron chi connectivity index (χ2n) is 1.58. The average Bonchev–Trinajstić information content (AvgIpc) is 1.81. The monoisotopic (exact) mass is 129 g/mol. The number of thioether (sulfide) groups is 1. The molecule has 0 saturated heterocycles. The molecule has 0 aromatic rings. The van der Waals surface area contributed by atoms with Gasteiger partial charge in [0.25, 0.3) is 0 Å². The van der Waals surface area contributed by atoms with E-state index in [0.717, 1.165) is 6.42 Å². The quantitative estimate of drug-likeness (QED) is 0.526. The molecule has 0 rings (SSSR count). The molecule has 0 N–H and O–H groups in total. The summed E-state index contributed by atoms with van der Waals surface area (Å²) in [6.07, 6.45) is 4.42. The lowest BCUT2D eigenvalue weighted by atomic mass is 10.5. The van der Waals surface area contributed by atoms with Crippen LogP contribution < -0.4 is 0 Å². The molecular weight excluding hydrogens is 116 g/mol. The maximum Gasteiger partial charge on any atom is 0.0165 e. The van der Waals surface area contributed by atoms with E-state index < -0.39 is 0 Å². The maximum atomic E-state index is 3.13. The second kappa shape index (κ2) is 7.09. The lowest BCUT2D eigenvalue weighted by Crippen LogP contribution is -1.66. The number of allylic oxidation sites excluding steroid dienone is 1. The smallest absolute Gasteiger partial charge is 0.0165 e. The Morgan fingerprint density at radius 3 is 2.75 bits per heavy atom. The zero-order valence-corrected chi connectivity index (χ0v) is 6.42. The molecule has 0 unspecified atom stereocenters. The predicted molar refractivity (Wildman–Crippen MR) is 40.9 cm³/mol. The molecule has 0 aromatic heterocycles. The highest BCUT2D eigenvalue weighted by atomic mass is 32.2. The van der Waals surface area contributed by atoms with Crippen molar-refractivity contribution in [3.8, 4) is 0 Å². The van der Waals surface area contributed by atoms with E-state index in [4.69, 9.17) is 0 Å². The van der Waals surface area contributed by atoms with Gasteiger partial charge < -0.3 is 0 Å². The van der Waals surface area contributed by atoms with Gasteiger partial charge in [-0.25, -0.2) is 0 Å². The largest absolute Gasteiger partial charge is 0.125 e. The minimum atomic E-state index is 1.11. The highest BCUT2D eigenvalue weighted by molar-refractivity contribution is 8.00. The van der Waals surface area contributed by atoms with Crippen LogP contribution in [0, 0.1) is 5.41 Å². The molecule has 0 heterocycles. The molecule has 0 aliphatic rings. The van der Waals surface area contributed by atoms with Gasteiger partial charge in [-0.1, -0.05) is 19.9 Å². The maximum absolute atomic E-state index is 3.13. The molecule has 0 atom stereocenters. The van der Waals surface area contributed by atoms with Crippen molar-refractivity contribution in [2.45, 2.75) is 26.7 Å². The third-order valence-electron chi connectivity index (χ3n) is 0.677. The van der Waals surface area contributed by atoms with Crippen molar-refractivity contribution in [1.82, 2.24) is 0 Å². The topological polar surface area (TPSA) is 0 Å². The SMILES string of the molecule is CC/C=[C]\SCCC. The van der Waals surface area contributed by atoms with Gasteiger partial charge in [-0.2, -0.15) is 0 Å². The Kier molecular flexibility index (Phi) is 7.17. The van der Waals surface area contributed by atoms with Crippen LogP contribution >= 0.6 is 11.8 Å². The van der Waals surface area contributed by atoms with Crippen molar-refractivity contribution in [1.29, 1.82) is 0 Å². The minimum absolute atomic E-state index is 1.11. The summed E-state index contributed by atoms with van der Waals surface area (Å²) < 4.78 is 0. The van der Waals surface area contributed by atoms with Crippen LogP contribution in [0.25, 0.3) is 0 Å². The van der Waals surface area contributed by atoms with Crippen LogP contribution in [-0.4, -0.2) is 5.75 Å². The molecule has 1 heteroatoms. The van der Waals surface area contributed by atoms with E-state index in [2.05, 4.69) is 25.3 Å². The summed E-state index contributed by atoms with van der Waals surface area (Å²) in [6, 6.07) is 0. The fraction of sp³-hybridized carbons (Fsp3) is 0.714. The van der Waals surface area contributed by atoms with E-state index >= 15 is 0 Å². The van der Waals surface area contributed by atoms with Crippen LogP contribution in [0.4, 0.5) is 0 Å². The molecule has 47 valence electrons. The molecule has 0 nitrogen and oxygen atoms in total. The first-order valence-corrected chi connectivity index (χ1v) is 4.09. The second-order valence-corrected chi connectivity index (χ2v) is 2.51. The molecular formula is C7H13S. The molecule has 0 aromatic carbocycles. The Morgan fingerprint density at radius 1 is 1.50 bits per heavy atom. The fourth-order valence-corrected chi connectivity index (χ4v) is 0.910. The molecule has 8 heavy (non-hydrogen) atoms. The Bertz CT molecular complexity index is 57.4. The lowest BCUT2D eigenvalue weighted by molar-refractivity contribution is 1.11. The van der Waals surface area contributed by atoms with Gasteiger partial charge in [0.05, 0.1) is 0 Å². The van der Waals surface area contributed by atoms with Crippen LogP contribution in [0.2, 0.25) is 0 Å². The third-order valence-corrected chi connectivity index (χ3v) is 1.62. The van der Waals surface area contributed by atoms with Gasteiger partial charge in [-0.15, -0.1) is 11.8 Å². The van der Waals surface area contributed by atoms with Crippen LogP contribution in [0.1, 0.15) is 26.7 Å². The van der Waals surface area contributed by atoms with Crippen molar-refractivity contribution in [2.75, 3.05) is 5.75 Å². The van der Waals surface area contributed by atoms with E-state index in [-0.39, 0.29) is 0 Å². The summed E-state index contributed by atoms with van der Waals surface area (Å²) in [5.74, 6) is 1.20. The number of hydrogen-bond acceptors (Lipinski definition) is 1. The molecule has 0 spiro atoms. The highest BCUT2D eigenvalue weighted by Gasteiger charge is 1.75. The molecule has 0 aliphatic carbocycles. The van der Waals surface area contributed by atoms with E-state index in [1.807, 2.05) is 0 Å². The first-order chi connectivity index (χ1) is 3.91. The van der Waals surface area contributed by atoms with Crippen molar-refractivity contribution < 1.29 is 0 Å². The van der Waals surface area contributed by atoms with E-state index in [1.54, 1.807) is 11.8 Å². The molecule has 0 fully saturated rings. The van der Waals surface area contributed by atoms with Crippen LogP contribution in [0.3, 0.4) is 0 Å². The summed E-state index contributed by atoms with van der Waals surface area (Å²) in [4.78, 5) is 0. The minimum Gasteiger partial charge on any atom is -0.125 e. The van der Waals surface area contributed by atoms with E-state index in [1.165, 1.54) is 12.2 Å². The number of rotatable bonds is 4. The van der Waals surface area contributed by atoms with Crippen molar-refractivity contribution in [3.05, 3.63) is 11.5 Å². The van der Waals surface area contributed by atoms with Crippen LogP contribution in [0.5, 0.6) is 0 Å². The van der Waals surface area contributed by atoms with Crippen molar-refractivity contribution in [3.63, 3.8) is 0 Å². The van der Waals surface area contributed by atoms with E-state index in [0.29, 0.717) is 0 Å². The zero-order valence-electron chi connectivity index (χ0n) is 5.61. The van der Waals surface area contributed by atoms with Crippen molar-refractivity contribution >= 4 is 11.8 Å². The summed E-state index contributed by atoms with van der Waals surface area (Å²) in [5.41, 5.74) is 0. The van der Waals surface area contributed by atoms with Gasteiger partial charge in [0.1, 0.15) is 0 Å². The molecule has 0 aliphatic heterocycles. The van der Waals surface area contributed by atoms with Crippen LogP contribution in [-0.2, 0) is 0 Å². The van der Waals surface area contributed by atoms with Gasteiger partial charge >= 0.3 is 0 Å². The van der Waals surface area contributed by atoms with Gasteiger partial charge in [0.15, 0.2) is 0 Å². The Morgan fingerprint density at radius 2 is 2.25 bits per heavy atom. The summed E-state index contributed by atoms with van der Waals surface area (Å²) in [6.45, 7) is 4.31. The molecule has 1 radical (unpaired) electrons. The standard InChI is InChI=1S/C7H13S/c1-3-5-7-8-6-4-2/h5H,3-4,6H2,1-2H3. The summed E-state index contributed by atoms with van der Waals surface area (Å²) in [5, 5.41) is 3.13. The lowest BCUT2D eigenvalue weighted by Gasteiger charge is -1.84. The van der Waals surface area contributed by atoms with Crippen LogP contribution in [0.15, 0.2) is 6.08 Å². The summed E-state index contributed by atoms with van der Waals surface area (Å²) in [7, 11) is 0. The Labute approximate surface area is 56.4 Å². The zero-order chi connectivity index (χ0) is 6.24. The van der Waals surface area contributed by atoms with Gasteiger partial charge in [-0.3, -0.25) is 0 Å². The fourth-order valence-electron chi connectivity index (χ4n) is 0.303. The first-order valence-electron chi connectivity index (χ1n) is 3.10. The molecule has 0 bridgehead atoms. The van der Waals surface area contributed by atoms with Gasteiger partial charge in [-0.05, 0) is 18.6 Å². The Balaban J connectivity index is 2.80. The Hall–Kier alpha value is 0.0900. The molecule has 0 amide bonds. The van der Waals surface area contributed by atoms with E-state index in [9.17, 15) is 0 Å². The first kappa shape index (κ1) is 8.09. The number of hydrogen-bond donors (Lipinski definition) is 0. The molecule has 0 saturated carbocycles. The predicted octanol–water partition coefficient (Wildman–Crippen LogP) is 2.86. The van der Waals surface area contributed by atoms with Crippen molar-refractivity contribution in [2.24, 2.45) is 0 Å². The van der Waals surface area contributed by atoms with Gasteiger partial charge in [0, 0.05) is 5.41 Å².